The van der Waals surface area contributed by atoms with E-state index < -0.39 is 5.97 Å². The smallest absolute Gasteiger partial charge is 0.335 e. The molecule has 1 N–H and O–H groups in total. The van der Waals surface area contributed by atoms with E-state index in [4.69, 9.17) is 0 Å². The Bertz CT molecular complexity index is 748. The zero-order valence-corrected chi connectivity index (χ0v) is 14.5. The van der Waals surface area contributed by atoms with E-state index in [0.29, 0.717) is 23.7 Å². The van der Waals surface area contributed by atoms with E-state index in [2.05, 4.69) is 29.0 Å². The van der Waals surface area contributed by atoms with Crippen LogP contribution >= 0.6 is 0 Å². The summed E-state index contributed by atoms with van der Waals surface area (Å²) in [5.41, 5.74) is 2.45. The molecule has 2 aromatic rings. The number of carbonyl (C=O) groups is 1. The van der Waals surface area contributed by atoms with Crippen molar-refractivity contribution in [1.82, 2.24) is 4.90 Å². The van der Waals surface area contributed by atoms with Crippen molar-refractivity contribution in [2.75, 3.05) is 11.9 Å². The molecule has 2 aliphatic heterocycles. The number of para-hydroxylation sites is 1. The maximum Gasteiger partial charge on any atom is 0.335 e. The van der Waals surface area contributed by atoms with Crippen molar-refractivity contribution in [2.24, 2.45) is 0 Å². The molecule has 0 aliphatic carbocycles. The Morgan fingerprint density at radius 3 is 2.28 bits per heavy atom. The van der Waals surface area contributed by atoms with Crippen molar-refractivity contribution in [2.45, 2.75) is 43.8 Å². The van der Waals surface area contributed by atoms with E-state index in [1.807, 2.05) is 30.3 Å². The standard InChI is InChI=1S/C21H24N2O2/c1-22-17-10-11-18(22)14-20(13-17)23(16-7-3-2-4-8-16)19-9-5-6-15(12-19)21(24)25/h2-9,12,17-18,20H,10-11,13-14H2,1H3,(H,24,25)/t17-,18+,20?. The van der Waals surface area contributed by atoms with Crippen LogP contribution in [0.3, 0.4) is 0 Å². The first kappa shape index (κ1) is 16.2. The first-order valence-corrected chi connectivity index (χ1v) is 9.03. The Hall–Kier alpha value is -2.33. The summed E-state index contributed by atoms with van der Waals surface area (Å²) in [6, 6.07) is 19.4. The highest BCUT2D eigenvalue weighted by Gasteiger charge is 2.40. The predicted octanol–water partition coefficient (Wildman–Crippen LogP) is 4.15. The molecule has 130 valence electrons. The van der Waals surface area contributed by atoms with E-state index in [0.717, 1.165) is 24.2 Å². The van der Waals surface area contributed by atoms with E-state index in [1.165, 1.54) is 12.8 Å². The third-order valence-electron chi connectivity index (χ3n) is 5.84. The Morgan fingerprint density at radius 1 is 1.00 bits per heavy atom. The molecule has 3 atom stereocenters. The maximum atomic E-state index is 11.4. The highest BCUT2D eigenvalue weighted by molar-refractivity contribution is 5.89. The second-order valence-electron chi connectivity index (χ2n) is 7.24. The lowest BCUT2D eigenvalue weighted by atomic mass is 9.95. The zero-order chi connectivity index (χ0) is 17.4. The molecule has 0 radical (unpaired) electrons. The van der Waals surface area contributed by atoms with Gasteiger partial charge < -0.3 is 14.9 Å². The molecule has 2 aliphatic rings. The van der Waals surface area contributed by atoms with Gasteiger partial charge in [0, 0.05) is 29.5 Å². The highest BCUT2D eigenvalue weighted by Crippen LogP contribution is 2.40. The number of rotatable bonds is 4. The molecule has 4 heteroatoms. The van der Waals surface area contributed by atoms with Crippen LogP contribution in [0.15, 0.2) is 54.6 Å². The summed E-state index contributed by atoms with van der Waals surface area (Å²) < 4.78 is 0. The molecule has 0 spiro atoms. The summed E-state index contributed by atoms with van der Waals surface area (Å²) in [5.74, 6) is -0.877. The lowest BCUT2D eigenvalue weighted by Crippen LogP contribution is -2.47. The third-order valence-corrected chi connectivity index (χ3v) is 5.84. The molecule has 4 rings (SSSR count). The van der Waals surface area contributed by atoms with Gasteiger partial charge in [-0.05, 0) is 63.1 Å². The van der Waals surface area contributed by atoms with Crippen LogP contribution < -0.4 is 4.90 Å². The summed E-state index contributed by atoms with van der Waals surface area (Å²) >= 11 is 0. The SMILES string of the molecule is CN1[C@@H]2CC[C@H]1CC(N(c1ccccc1)c1cccc(C(=O)O)c1)C2. The summed E-state index contributed by atoms with van der Waals surface area (Å²) in [4.78, 5) is 16.3. The van der Waals surface area contributed by atoms with Crippen LogP contribution in [0.4, 0.5) is 11.4 Å². The highest BCUT2D eigenvalue weighted by atomic mass is 16.4. The average molecular weight is 336 g/mol. The average Bonchev–Trinajstić information content (AvgIpc) is 2.84. The Morgan fingerprint density at radius 2 is 1.64 bits per heavy atom. The third kappa shape index (κ3) is 3.02. The minimum atomic E-state index is -0.877. The van der Waals surface area contributed by atoms with Gasteiger partial charge in [-0.15, -0.1) is 0 Å². The number of hydrogen-bond acceptors (Lipinski definition) is 3. The van der Waals surface area contributed by atoms with E-state index in [1.54, 1.807) is 12.1 Å². The second-order valence-corrected chi connectivity index (χ2v) is 7.24. The number of piperidine rings is 1. The van der Waals surface area contributed by atoms with Gasteiger partial charge in [0.2, 0.25) is 0 Å². The molecule has 2 heterocycles. The van der Waals surface area contributed by atoms with Gasteiger partial charge in [-0.1, -0.05) is 24.3 Å². The van der Waals surface area contributed by atoms with Crippen molar-refractivity contribution < 1.29 is 9.90 Å². The molecule has 1 unspecified atom stereocenters. The quantitative estimate of drug-likeness (QED) is 0.911. The lowest BCUT2D eigenvalue weighted by Gasteiger charge is -2.43. The van der Waals surface area contributed by atoms with Gasteiger partial charge in [0.1, 0.15) is 0 Å². The first-order chi connectivity index (χ1) is 12.1. The summed E-state index contributed by atoms with van der Waals surface area (Å²) in [5, 5.41) is 9.38. The molecular formula is C21H24N2O2. The first-order valence-electron chi connectivity index (χ1n) is 9.03. The number of anilines is 2. The molecule has 2 saturated heterocycles. The van der Waals surface area contributed by atoms with Crippen LogP contribution in [0.2, 0.25) is 0 Å². The number of carboxylic acids is 1. The number of carboxylic acid groups (broad SMARTS) is 1. The van der Waals surface area contributed by atoms with Gasteiger partial charge in [0.15, 0.2) is 0 Å². The fourth-order valence-electron chi connectivity index (χ4n) is 4.54. The van der Waals surface area contributed by atoms with Gasteiger partial charge in [0.05, 0.1) is 5.56 Å². The maximum absolute atomic E-state index is 11.4. The molecular weight excluding hydrogens is 312 g/mol. The van der Waals surface area contributed by atoms with Crippen LogP contribution in [0.25, 0.3) is 0 Å². The number of hydrogen-bond donors (Lipinski definition) is 1. The number of benzene rings is 2. The second kappa shape index (κ2) is 6.52. The van der Waals surface area contributed by atoms with Crippen molar-refractivity contribution >= 4 is 17.3 Å². The van der Waals surface area contributed by atoms with Crippen LogP contribution in [-0.2, 0) is 0 Å². The van der Waals surface area contributed by atoms with Crippen molar-refractivity contribution in [3.8, 4) is 0 Å². The van der Waals surface area contributed by atoms with Gasteiger partial charge in [-0.2, -0.15) is 0 Å². The molecule has 2 bridgehead atoms. The Balaban J connectivity index is 1.73. The number of aromatic carboxylic acids is 1. The van der Waals surface area contributed by atoms with Crippen LogP contribution in [0.1, 0.15) is 36.0 Å². The molecule has 0 amide bonds. The Labute approximate surface area is 148 Å². The monoisotopic (exact) mass is 336 g/mol. The van der Waals surface area contributed by atoms with Crippen LogP contribution in [-0.4, -0.2) is 41.1 Å². The number of fused-ring (bicyclic) bond motifs is 2. The molecule has 0 saturated carbocycles. The molecule has 0 aromatic heterocycles. The van der Waals surface area contributed by atoms with Gasteiger partial charge in [0.25, 0.3) is 0 Å². The normalized spacial score (nSPS) is 25.7. The summed E-state index contributed by atoms with van der Waals surface area (Å²) in [7, 11) is 2.25. The minimum absolute atomic E-state index is 0.342. The van der Waals surface area contributed by atoms with E-state index in [9.17, 15) is 9.90 Å². The minimum Gasteiger partial charge on any atom is -0.478 e. The molecule has 2 fully saturated rings. The van der Waals surface area contributed by atoms with Crippen LogP contribution in [0, 0.1) is 0 Å². The van der Waals surface area contributed by atoms with Crippen LogP contribution in [0.5, 0.6) is 0 Å². The van der Waals surface area contributed by atoms with Crippen molar-refractivity contribution in [3.63, 3.8) is 0 Å². The van der Waals surface area contributed by atoms with Gasteiger partial charge >= 0.3 is 5.97 Å². The molecule has 2 aromatic carbocycles. The fraction of sp³-hybridized carbons (Fsp3) is 0.381. The summed E-state index contributed by atoms with van der Waals surface area (Å²) in [6.45, 7) is 0. The van der Waals surface area contributed by atoms with Gasteiger partial charge in [-0.3, -0.25) is 0 Å². The summed E-state index contributed by atoms with van der Waals surface area (Å²) in [6.07, 6.45) is 4.79. The molecule has 25 heavy (non-hydrogen) atoms. The predicted molar refractivity (Wildman–Crippen MR) is 99.6 cm³/mol. The van der Waals surface area contributed by atoms with E-state index in [-0.39, 0.29) is 0 Å². The lowest BCUT2D eigenvalue weighted by molar-refractivity contribution is 0.0697. The van der Waals surface area contributed by atoms with Crippen molar-refractivity contribution in [3.05, 3.63) is 60.2 Å². The van der Waals surface area contributed by atoms with Crippen molar-refractivity contribution in [1.29, 1.82) is 0 Å². The largest absolute Gasteiger partial charge is 0.478 e. The van der Waals surface area contributed by atoms with E-state index >= 15 is 0 Å². The zero-order valence-electron chi connectivity index (χ0n) is 14.5. The van der Waals surface area contributed by atoms with Gasteiger partial charge in [-0.25, -0.2) is 4.79 Å². The number of nitrogens with zero attached hydrogens (tertiary/aromatic N) is 2. The Kier molecular flexibility index (Phi) is 4.22. The molecule has 4 nitrogen and oxygen atoms in total. The fourth-order valence-corrected chi connectivity index (χ4v) is 4.54. The topological polar surface area (TPSA) is 43.8 Å².